The van der Waals surface area contributed by atoms with Crippen LogP contribution >= 0.6 is 0 Å². The molecule has 0 saturated heterocycles. The average molecular weight is 869 g/mol. The summed E-state index contributed by atoms with van der Waals surface area (Å²) in [5, 5.41) is 32.3. The molecule has 4 rings (SSSR count). The lowest BCUT2D eigenvalue weighted by Gasteiger charge is -2.26. The van der Waals surface area contributed by atoms with Crippen molar-refractivity contribution in [1.82, 2.24) is 26.2 Å². The Labute approximate surface area is 368 Å². The van der Waals surface area contributed by atoms with Crippen LogP contribution in [0.15, 0.2) is 66.7 Å². The summed E-state index contributed by atoms with van der Waals surface area (Å²) in [6.45, 7) is 10.4. The van der Waals surface area contributed by atoms with E-state index in [1.807, 2.05) is 57.2 Å². The first-order valence-corrected chi connectivity index (χ1v) is 20.9. The van der Waals surface area contributed by atoms with Gasteiger partial charge >= 0.3 is 18.3 Å². The summed E-state index contributed by atoms with van der Waals surface area (Å²) in [6.07, 6.45) is 2.83. The number of anilines is 1. The predicted molar refractivity (Wildman–Crippen MR) is 237 cm³/mol. The molecule has 16 heteroatoms. The van der Waals surface area contributed by atoms with Gasteiger partial charge in [0.1, 0.15) is 24.7 Å². The van der Waals surface area contributed by atoms with Gasteiger partial charge in [0, 0.05) is 37.2 Å². The average Bonchev–Trinajstić information content (AvgIpc) is 3.55. The van der Waals surface area contributed by atoms with Crippen LogP contribution in [0.5, 0.6) is 0 Å². The Morgan fingerprint density at radius 2 is 1.48 bits per heavy atom. The Balaban J connectivity index is 1.29. The molecular formula is C47H60N6O10. The van der Waals surface area contributed by atoms with Crippen LogP contribution in [-0.2, 0) is 37.0 Å². The van der Waals surface area contributed by atoms with Crippen molar-refractivity contribution in [2.75, 3.05) is 25.5 Å². The number of carbonyl (C=O) groups excluding carboxylic acids is 5. The zero-order valence-electron chi connectivity index (χ0n) is 36.9. The van der Waals surface area contributed by atoms with Crippen LogP contribution < -0.4 is 26.6 Å². The van der Waals surface area contributed by atoms with Gasteiger partial charge in [-0.25, -0.2) is 14.4 Å². The first-order valence-electron chi connectivity index (χ1n) is 20.9. The molecule has 1 unspecified atom stereocenters. The van der Waals surface area contributed by atoms with Crippen LogP contribution in [0, 0.1) is 23.7 Å². The first-order chi connectivity index (χ1) is 29.8. The number of amides is 6. The summed E-state index contributed by atoms with van der Waals surface area (Å²) in [6, 6.07) is 17.5. The third-order valence-corrected chi connectivity index (χ3v) is 10.7. The summed E-state index contributed by atoms with van der Waals surface area (Å²) >= 11 is 0. The maximum atomic E-state index is 13.5. The Morgan fingerprint density at radius 1 is 0.841 bits per heavy atom. The van der Waals surface area contributed by atoms with Crippen molar-refractivity contribution in [1.29, 1.82) is 0 Å². The molecule has 3 aromatic rings. The number of fused-ring (bicyclic) bond motifs is 3. The van der Waals surface area contributed by atoms with Crippen molar-refractivity contribution in [3.63, 3.8) is 0 Å². The van der Waals surface area contributed by atoms with E-state index in [4.69, 9.17) is 15.9 Å². The smallest absolute Gasteiger partial charge is 0.409 e. The number of hydrogen-bond donors (Lipinski definition) is 7. The molecule has 3 aromatic carbocycles. The second kappa shape index (κ2) is 22.5. The van der Waals surface area contributed by atoms with Crippen molar-refractivity contribution >= 4 is 41.7 Å². The highest BCUT2D eigenvalue weighted by atomic mass is 16.6. The number of carbonyl (C=O) groups is 6. The van der Waals surface area contributed by atoms with E-state index in [1.54, 1.807) is 39.1 Å². The Bertz CT molecular complexity index is 2120. The van der Waals surface area contributed by atoms with Crippen molar-refractivity contribution in [3.8, 4) is 23.5 Å². The molecule has 4 atom stereocenters. The van der Waals surface area contributed by atoms with Crippen LogP contribution in [0.4, 0.5) is 20.1 Å². The molecule has 7 N–H and O–H groups in total. The monoisotopic (exact) mass is 868 g/mol. The van der Waals surface area contributed by atoms with Crippen molar-refractivity contribution < 1.29 is 48.5 Å². The minimum absolute atomic E-state index is 0.0623. The van der Waals surface area contributed by atoms with Crippen molar-refractivity contribution in [3.05, 3.63) is 89.0 Å². The van der Waals surface area contributed by atoms with Gasteiger partial charge in [-0.15, -0.1) is 6.42 Å². The quantitative estimate of drug-likeness (QED) is 0.0573. The summed E-state index contributed by atoms with van der Waals surface area (Å²) < 4.78 is 11.1. The highest BCUT2D eigenvalue weighted by molar-refractivity contribution is 5.98. The standard InChI is InChI=1S/C47H60N6O10/c1-9-39(47(5,6)7)63-45(60)48-23-15-14-20-38(51-44(58)59)42(56)52-40(28(2)3)43(57)49-29(4)41(55)50-32-22-21-30(26-54)31(24-32)25-53(8)46(61)62-27-37-35-18-12-10-16-33(35)34-17-11-13-19-36(34)37/h1,10-13,16-19,21-22,24,28-29,37-40,51,54H,14-15,20,23,25-27H2,2-8H3,(H,48,60)(H,49,57)(H,50,55)(H,52,56)(H,58,59)/t29-,38-,39?,40-/m0/s1. The van der Waals surface area contributed by atoms with Gasteiger partial charge in [-0.1, -0.05) is 95.1 Å². The first kappa shape index (κ1) is 49.1. The van der Waals surface area contributed by atoms with E-state index >= 15 is 0 Å². The number of unbranched alkanes of at least 4 members (excludes halogenated alkanes) is 1. The minimum atomic E-state index is -1.44. The fraction of sp³-hybridized carbons (Fsp3) is 0.447. The lowest BCUT2D eigenvalue weighted by molar-refractivity contribution is -0.132. The second-order valence-corrected chi connectivity index (χ2v) is 17.0. The molecule has 1 aliphatic rings. The van der Waals surface area contributed by atoms with Crippen LogP contribution in [0.2, 0.25) is 0 Å². The number of alkyl carbamates (subject to hydrolysis) is 1. The van der Waals surface area contributed by atoms with E-state index in [0.29, 0.717) is 29.7 Å². The van der Waals surface area contributed by atoms with E-state index in [1.165, 1.54) is 11.8 Å². The highest BCUT2D eigenvalue weighted by Crippen LogP contribution is 2.44. The topological polar surface area (TPSA) is 225 Å². The molecule has 0 bridgehead atoms. The molecule has 63 heavy (non-hydrogen) atoms. The SMILES string of the molecule is C#CC(OC(=O)NCCCC[C@H](NC(=O)O)C(=O)N[C@H](C(=O)N[C@@H](C)C(=O)Nc1ccc(CO)c(CN(C)C(=O)OCC2c3ccccc3-c3ccccc32)c1)C(C)C)C(C)(C)C. The van der Waals surface area contributed by atoms with Crippen molar-refractivity contribution in [2.45, 2.75) is 104 Å². The Kier molecular flexibility index (Phi) is 17.5. The van der Waals surface area contributed by atoms with Gasteiger partial charge in [-0.05, 0) is 77.6 Å². The van der Waals surface area contributed by atoms with Gasteiger partial charge in [0.2, 0.25) is 17.7 Å². The third-order valence-electron chi connectivity index (χ3n) is 10.7. The Morgan fingerprint density at radius 3 is 2.05 bits per heavy atom. The molecule has 0 aromatic heterocycles. The van der Waals surface area contributed by atoms with Gasteiger partial charge in [0.05, 0.1) is 6.61 Å². The number of aliphatic hydroxyl groups is 1. The molecule has 338 valence electrons. The van der Waals surface area contributed by atoms with E-state index in [2.05, 4.69) is 44.6 Å². The number of nitrogens with zero attached hydrogens (tertiary/aromatic N) is 1. The van der Waals surface area contributed by atoms with Crippen molar-refractivity contribution in [2.24, 2.45) is 11.3 Å². The molecule has 0 aliphatic heterocycles. The largest absolute Gasteiger partial charge is 0.465 e. The van der Waals surface area contributed by atoms with E-state index in [-0.39, 0.29) is 38.6 Å². The highest BCUT2D eigenvalue weighted by Gasteiger charge is 2.32. The maximum absolute atomic E-state index is 13.5. The fourth-order valence-corrected chi connectivity index (χ4v) is 7.13. The summed E-state index contributed by atoms with van der Waals surface area (Å²) in [5.74, 6) is -0.114. The van der Waals surface area contributed by atoms with Crippen LogP contribution in [0.25, 0.3) is 11.1 Å². The van der Waals surface area contributed by atoms with E-state index < -0.39 is 71.6 Å². The number of nitrogens with one attached hydrogen (secondary N) is 5. The number of rotatable bonds is 19. The maximum Gasteiger partial charge on any atom is 0.409 e. The van der Waals surface area contributed by atoms with Gasteiger partial charge in [0.15, 0.2) is 6.10 Å². The molecule has 0 radical (unpaired) electrons. The predicted octanol–water partition coefficient (Wildman–Crippen LogP) is 5.72. The van der Waals surface area contributed by atoms with Gasteiger partial charge in [-0.3, -0.25) is 14.4 Å². The molecular weight excluding hydrogens is 809 g/mol. The zero-order chi connectivity index (χ0) is 46.4. The lowest BCUT2D eigenvalue weighted by Crippen LogP contribution is -2.57. The number of benzene rings is 3. The molecule has 0 heterocycles. The Hall–Kier alpha value is -6.60. The van der Waals surface area contributed by atoms with E-state index in [0.717, 1.165) is 22.3 Å². The third kappa shape index (κ3) is 13.7. The fourth-order valence-electron chi connectivity index (χ4n) is 7.13. The molecule has 0 fully saturated rings. The lowest BCUT2D eigenvalue weighted by atomic mass is 9.89. The number of hydrogen-bond acceptors (Lipinski definition) is 9. The number of aliphatic hydroxyl groups excluding tert-OH is 1. The normalized spacial score (nSPS) is 13.8. The molecule has 16 nitrogen and oxygen atoms in total. The summed E-state index contributed by atoms with van der Waals surface area (Å²) in [5.41, 5.74) is 5.38. The van der Waals surface area contributed by atoms with E-state index in [9.17, 15) is 39.0 Å². The van der Waals surface area contributed by atoms with Gasteiger partial charge in [-0.2, -0.15) is 0 Å². The van der Waals surface area contributed by atoms with Crippen LogP contribution in [0.1, 0.15) is 89.0 Å². The molecule has 0 saturated carbocycles. The number of terminal acetylenes is 1. The van der Waals surface area contributed by atoms with Crippen LogP contribution in [0.3, 0.4) is 0 Å². The molecule has 6 amide bonds. The van der Waals surface area contributed by atoms with Gasteiger partial charge in [0.25, 0.3) is 0 Å². The molecule has 1 aliphatic carbocycles. The number of carboxylic acid groups (broad SMARTS) is 1. The van der Waals surface area contributed by atoms with Crippen LogP contribution in [-0.4, -0.2) is 95.5 Å². The number of ether oxygens (including phenoxy) is 2. The summed E-state index contributed by atoms with van der Waals surface area (Å²) in [4.78, 5) is 78.5. The minimum Gasteiger partial charge on any atom is -0.465 e. The summed E-state index contributed by atoms with van der Waals surface area (Å²) in [7, 11) is 1.58. The van der Waals surface area contributed by atoms with Gasteiger partial charge < -0.3 is 51.2 Å². The second-order valence-electron chi connectivity index (χ2n) is 17.0. The zero-order valence-corrected chi connectivity index (χ0v) is 36.9. The molecule has 0 spiro atoms.